The molecule has 1 N–H and O–H groups in total. The molecule has 1 aromatic heterocycles. The number of fused-ring (bicyclic) bond motifs is 1. The number of para-hydroxylation sites is 2. The van der Waals surface area contributed by atoms with Crippen molar-refractivity contribution in [1.82, 2.24) is 9.13 Å². The van der Waals surface area contributed by atoms with E-state index in [1.165, 1.54) is 32.1 Å². The Morgan fingerprint density at radius 3 is 2.39 bits per heavy atom. The predicted molar refractivity (Wildman–Crippen MR) is 95.3 cm³/mol. The lowest BCUT2D eigenvalue weighted by Crippen LogP contribution is -2.25. The van der Waals surface area contributed by atoms with Gasteiger partial charge in [-0.15, -0.1) is 6.58 Å². The second-order valence-electron chi connectivity index (χ2n) is 5.94. The summed E-state index contributed by atoms with van der Waals surface area (Å²) in [7, 11) is 0. The van der Waals surface area contributed by atoms with Crippen molar-refractivity contribution in [2.24, 2.45) is 0 Å². The van der Waals surface area contributed by atoms with E-state index in [0.29, 0.717) is 18.9 Å². The first-order chi connectivity index (χ1) is 11.3. The fourth-order valence-electron chi connectivity index (χ4n) is 2.88. The maximum atomic E-state index is 8.37. The summed E-state index contributed by atoms with van der Waals surface area (Å²) in [5, 5.41) is 8.37. The molecule has 0 spiro atoms. The van der Waals surface area contributed by atoms with Crippen molar-refractivity contribution in [3.63, 3.8) is 0 Å². The van der Waals surface area contributed by atoms with E-state index >= 15 is 0 Å². The van der Waals surface area contributed by atoms with Gasteiger partial charge in [0.1, 0.15) is 6.73 Å². The van der Waals surface area contributed by atoms with E-state index in [1.54, 1.807) is 0 Å². The monoisotopic (exact) mass is 315 g/mol. The zero-order chi connectivity index (χ0) is 16.5. The molecule has 0 aliphatic rings. The number of hydrogen-bond acceptors (Lipinski definition) is 2. The Bertz CT molecular complexity index is 669. The van der Waals surface area contributed by atoms with Crippen molar-refractivity contribution < 1.29 is 4.74 Å². The molecule has 0 saturated carbocycles. The molecule has 0 fully saturated rings. The second-order valence-corrected chi connectivity index (χ2v) is 5.94. The van der Waals surface area contributed by atoms with E-state index in [-0.39, 0.29) is 0 Å². The molecule has 2 aromatic rings. The molecule has 0 unspecified atom stereocenters. The van der Waals surface area contributed by atoms with Crippen LogP contribution < -0.4 is 5.62 Å². The first kappa shape index (κ1) is 17.5. The SMILES string of the molecule is C=CCn1c(=N)n(COCCCCCCCC)c2ccccc21. The molecule has 126 valence electrons. The van der Waals surface area contributed by atoms with Crippen molar-refractivity contribution in [3.05, 3.63) is 42.5 Å². The standard InChI is InChI=1S/C19H29N3O/c1-3-5-6-7-8-11-15-23-16-22-18-13-10-9-12-17(18)21(14-4-2)19(22)20/h4,9-10,12-13,20H,2-3,5-8,11,14-16H2,1H3. The van der Waals surface area contributed by atoms with Crippen LogP contribution in [0.4, 0.5) is 0 Å². The minimum atomic E-state index is 0.443. The largest absolute Gasteiger partial charge is 0.361 e. The Balaban J connectivity index is 1.91. The topological polar surface area (TPSA) is 42.9 Å². The van der Waals surface area contributed by atoms with Crippen molar-refractivity contribution in [1.29, 1.82) is 5.41 Å². The highest BCUT2D eigenvalue weighted by Crippen LogP contribution is 2.13. The number of hydrogen-bond donors (Lipinski definition) is 1. The van der Waals surface area contributed by atoms with Gasteiger partial charge in [0.2, 0.25) is 5.62 Å². The van der Waals surface area contributed by atoms with Crippen LogP contribution >= 0.6 is 0 Å². The van der Waals surface area contributed by atoms with E-state index in [9.17, 15) is 0 Å². The van der Waals surface area contributed by atoms with Crippen molar-refractivity contribution in [3.8, 4) is 0 Å². The Morgan fingerprint density at radius 1 is 1.04 bits per heavy atom. The smallest absolute Gasteiger partial charge is 0.205 e. The second kappa shape index (κ2) is 9.36. The van der Waals surface area contributed by atoms with Crippen molar-refractivity contribution in [2.75, 3.05) is 6.61 Å². The van der Waals surface area contributed by atoms with Crippen LogP contribution in [-0.4, -0.2) is 15.7 Å². The lowest BCUT2D eigenvalue weighted by atomic mass is 10.1. The van der Waals surface area contributed by atoms with Gasteiger partial charge >= 0.3 is 0 Å². The van der Waals surface area contributed by atoms with Gasteiger partial charge in [0.25, 0.3) is 0 Å². The summed E-state index contributed by atoms with van der Waals surface area (Å²) >= 11 is 0. The molecule has 2 rings (SSSR count). The molecule has 23 heavy (non-hydrogen) atoms. The van der Waals surface area contributed by atoms with Crippen LogP contribution in [-0.2, 0) is 18.0 Å². The molecule has 1 heterocycles. The van der Waals surface area contributed by atoms with Crippen LogP contribution in [0, 0.1) is 5.41 Å². The Kier molecular flexibility index (Phi) is 7.14. The maximum absolute atomic E-state index is 8.37. The van der Waals surface area contributed by atoms with Crippen molar-refractivity contribution >= 4 is 11.0 Å². The van der Waals surface area contributed by atoms with Gasteiger partial charge < -0.3 is 9.30 Å². The Labute approximate surface area is 138 Å². The van der Waals surface area contributed by atoms with Gasteiger partial charge in [-0.05, 0) is 18.6 Å². The van der Waals surface area contributed by atoms with E-state index < -0.39 is 0 Å². The van der Waals surface area contributed by atoms with Gasteiger partial charge in [-0.2, -0.15) is 0 Å². The third kappa shape index (κ3) is 4.58. The third-order valence-electron chi connectivity index (χ3n) is 4.15. The summed E-state index contributed by atoms with van der Waals surface area (Å²) in [5.74, 6) is 0. The molecular weight excluding hydrogens is 286 g/mol. The molecule has 0 aliphatic heterocycles. The molecular formula is C19H29N3O. The number of benzene rings is 1. The quantitative estimate of drug-likeness (QED) is 0.483. The Hall–Kier alpha value is -1.81. The highest BCUT2D eigenvalue weighted by molar-refractivity contribution is 5.75. The van der Waals surface area contributed by atoms with Gasteiger partial charge in [0.05, 0.1) is 11.0 Å². The number of ether oxygens (including phenoxy) is 1. The number of rotatable bonds is 11. The highest BCUT2D eigenvalue weighted by atomic mass is 16.5. The lowest BCUT2D eigenvalue weighted by Gasteiger charge is -2.06. The summed E-state index contributed by atoms with van der Waals surface area (Å²) in [5.41, 5.74) is 2.57. The summed E-state index contributed by atoms with van der Waals surface area (Å²) in [6.45, 7) is 7.87. The van der Waals surface area contributed by atoms with E-state index in [4.69, 9.17) is 10.1 Å². The van der Waals surface area contributed by atoms with Crippen LogP contribution in [0.1, 0.15) is 45.4 Å². The zero-order valence-corrected chi connectivity index (χ0v) is 14.3. The van der Waals surface area contributed by atoms with Gasteiger partial charge in [0.15, 0.2) is 0 Å². The van der Waals surface area contributed by atoms with Crippen LogP contribution in [0.15, 0.2) is 36.9 Å². The highest BCUT2D eigenvalue weighted by Gasteiger charge is 2.09. The summed E-state index contributed by atoms with van der Waals surface area (Å²) < 4.78 is 9.69. The summed E-state index contributed by atoms with van der Waals surface area (Å²) in [4.78, 5) is 0. The Morgan fingerprint density at radius 2 is 1.70 bits per heavy atom. The minimum absolute atomic E-state index is 0.443. The predicted octanol–water partition coefficient (Wildman–Crippen LogP) is 4.44. The average Bonchev–Trinajstić information content (AvgIpc) is 2.83. The zero-order valence-electron chi connectivity index (χ0n) is 14.3. The number of nitrogens with one attached hydrogen (secondary N) is 1. The van der Waals surface area contributed by atoms with Gasteiger partial charge in [-0.25, -0.2) is 0 Å². The van der Waals surface area contributed by atoms with Gasteiger partial charge in [-0.3, -0.25) is 9.98 Å². The van der Waals surface area contributed by atoms with E-state index in [2.05, 4.69) is 13.5 Å². The molecule has 0 saturated heterocycles. The minimum Gasteiger partial charge on any atom is -0.361 e. The summed E-state index contributed by atoms with van der Waals surface area (Å²) in [6.07, 6.45) is 9.41. The molecule has 0 atom stereocenters. The first-order valence-electron chi connectivity index (χ1n) is 8.71. The molecule has 0 bridgehead atoms. The summed E-state index contributed by atoms with van der Waals surface area (Å²) in [6, 6.07) is 8.09. The number of unbranched alkanes of at least 4 members (excludes halogenated alkanes) is 5. The number of allylic oxidation sites excluding steroid dienone is 1. The van der Waals surface area contributed by atoms with E-state index in [0.717, 1.165) is 24.1 Å². The van der Waals surface area contributed by atoms with Crippen LogP contribution in [0.5, 0.6) is 0 Å². The first-order valence-corrected chi connectivity index (χ1v) is 8.71. The van der Waals surface area contributed by atoms with E-state index in [1.807, 2.05) is 39.5 Å². The number of imidazole rings is 1. The molecule has 1 aromatic carbocycles. The van der Waals surface area contributed by atoms with Gasteiger partial charge in [0, 0.05) is 13.2 Å². The molecule has 0 aliphatic carbocycles. The normalized spacial score (nSPS) is 11.2. The lowest BCUT2D eigenvalue weighted by molar-refractivity contribution is 0.0730. The molecule has 0 radical (unpaired) electrons. The van der Waals surface area contributed by atoms with Crippen molar-refractivity contribution in [2.45, 2.75) is 58.7 Å². The number of aromatic nitrogens is 2. The maximum Gasteiger partial charge on any atom is 0.205 e. The average molecular weight is 315 g/mol. The fraction of sp³-hybridized carbons (Fsp3) is 0.526. The third-order valence-corrected chi connectivity index (χ3v) is 4.15. The van der Waals surface area contributed by atoms with Crippen LogP contribution in [0.2, 0.25) is 0 Å². The van der Waals surface area contributed by atoms with Gasteiger partial charge in [-0.1, -0.05) is 57.2 Å². The number of nitrogens with zero attached hydrogens (tertiary/aromatic N) is 2. The fourth-order valence-corrected chi connectivity index (χ4v) is 2.88. The van der Waals surface area contributed by atoms with Crippen LogP contribution in [0.3, 0.4) is 0 Å². The molecule has 4 heteroatoms. The molecule has 0 amide bonds. The molecule has 4 nitrogen and oxygen atoms in total. The van der Waals surface area contributed by atoms with Crippen LogP contribution in [0.25, 0.3) is 11.0 Å².